The second-order valence-corrected chi connectivity index (χ2v) is 3.12. The molecular formula is C10H9FN2O3. The van der Waals surface area contributed by atoms with E-state index < -0.39 is 5.82 Å². The number of benzene rings is 1. The molecule has 0 bridgehead atoms. The maximum atomic E-state index is 13.2. The van der Waals surface area contributed by atoms with Gasteiger partial charge in [0.15, 0.2) is 23.1 Å². The molecule has 0 fully saturated rings. The number of ether oxygens (including phenoxy) is 1. The normalized spacial score (nSPS) is 10.4. The number of aromatic nitrogens is 1. The zero-order valence-electron chi connectivity index (χ0n) is 8.40. The molecule has 0 unspecified atom stereocenters. The summed E-state index contributed by atoms with van der Waals surface area (Å²) in [5.74, 6) is -0.501. The fourth-order valence-corrected chi connectivity index (χ4v) is 1.31. The maximum Gasteiger partial charge on any atom is 0.172 e. The number of halogens is 1. The first kappa shape index (κ1) is 10.3. The number of hydrogen-bond donors (Lipinski definition) is 2. The molecule has 0 atom stereocenters. The molecule has 0 aliphatic carbocycles. The Hall–Kier alpha value is -2.24. The highest BCUT2D eigenvalue weighted by molar-refractivity contribution is 5.69. The van der Waals surface area contributed by atoms with Gasteiger partial charge in [0.05, 0.1) is 12.7 Å². The Kier molecular flexibility index (Phi) is 2.40. The van der Waals surface area contributed by atoms with Gasteiger partial charge < -0.3 is 20.1 Å². The van der Waals surface area contributed by atoms with Crippen molar-refractivity contribution in [2.45, 2.75) is 0 Å². The number of hydrogen-bond acceptors (Lipinski definition) is 5. The lowest BCUT2D eigenvalue weighted by molar-refractivity contribution is 0.381. The van der Waals surface area contributed by atoms with E-state index in [0.717, 1.165) is 6.07 Å². The number of phenolic OH excluding ortho intramolecular Hbond substituents is 1. The van der Waals surface area contributed by atoms with E-state index in [1.165, 1.54) is 19.2 Å². The Bertz CT molecular complexity index is 525. The molecule has 0 amide bonds. The molecule has 5 nitrogen and oxygen atoms in total. The zero-order chi connectivity index (χ0) is 11.7. The van der Waals surface area contributed by atoms with E-state index in [0.29, 0.717) is 0 Å². The van der Waals surface area contributed by atoms with Gasteiger partial charge in [0.2, 0.25) is 0 Å². The molecular weight excluding hydrogens is 215 g/mol. The highest BCUT2D eigenvalue weighted by Gasteiger charge is 2.14. The Morgan fingerprint density at radius 1 is 1.44 bits per heavy atom. The molecule has 6 heteroatoms. The van der Waals surface area contributed by atoms with Crippen LogP contribution in [0.3, 0.4) is 0 Å². The van der Waals surface area contributed by atoms with Crippen LogP contribution >= 0.6 is 0 Å². The molecule has 1 heterocycles. The average molecular weight is 224 g/mol. The zero-order valence-corrected chi connectivity index (χ0v) is 8.40. The first-order valence-electron chi connectivity index (χ1n) is 4.41. The van der Waals surface area contributed by atoms with Gasteiger partial charge in [0, 0.05) is 12.1 Å². The van der Waals surface area contributed by atoms with Crippen LogP contribution in [0.1, 0.15) is 0 Å². The fourth-order valence-electron chi connectivity index (χ4n) is 1.31. The van der Waals surface area contributed by atoms with E-state index in [-0.39, 0.29) is 28.6 Å². The topological polar surface area (TPSA) is 81.5 Å². The summed E-state index contributed by atoms with van der Waals surface area (Å²) in [6.07, 6.45) is 0. The van der Waals surface area contributed by atoms with Crippen molar-refractivity contribution in [3.63, 3.8) is 0 Å². The van der Waals surface area contributed by atoms with Crippen LogP contribution in [0.25, 0.3) is 11.3 Å². The van der Waals surface area contributed by atoms with Crippen LogP contribution in [-0.4, -0.2) is 17.4 Å². The summed E-state index contributed by atoms with van der Waals surface area (Å²) in [5.41, 5.74) is 5.64. The summed E-state index contributed by atoms with van der Waals surface area (Å²) in [7, 11) is 1.33. The van der Waals surface area contributed by atoms with E-state index in [4.69, 9.17) is 15.0 Å². The summed E-state index contributed by atoms with van der Waals surface area (Å²) in [4.78, 5) is 0. The van der Waals surface area contributed by atoms with Crippen molar-refractivity contribution in [1.82, 2.24) is 5.16 Å². The number of phenols is 1. The van der Waals surface area contributed by atoms with Crippen LogP contribution in [0, 0.1) is 5.82 Å². The number of nitrogen functional groups attached to an aromatic ring is 1. The number of nitrogens with two attached hydrogens (primary N) is 1. The summed E-state index contributed by atoms with van der Waals surface area (Å²) >= 11 is 0. The average Bonchev–Trinajstić information content (AvgIpc) is 2.65. The van der Waals surface area contributed by atoms with Crippen molar-refractivity contribution in [1.29, 1.82) is 0 Å². The van der Waals surface area contributed by atoms with Crippen LogP contribution in [-0.2, 0) is 0 Å². The number of anilines is 1. The third kappa shape index (κ3) is 1.65. The highest BCUT2D eigenvalue weighted by Crippen LogP contribution is 2.35. The van der Waals surface area contributed by atoms with Crippen LogP contribution in [0.15, 0.2) is 22.7 Å². The van der Waals surface area contributed by atoms with Gasteiger partial charge in [-0.3, -0.25) is 0 Å². The molecule has 1 aromatic heterocycles. The molecule has 2 rings (SSSR count). The summed E-state index contributed by atoms with van der Waals surface area (Å²) in [6.45, 7) is 0. The number of aromatic hydroxyl groups is 1. The monoisotopic (exact) mass is 224 g/mol. The number of methoxy groups -OCH3 is 1. The fraction of sp³-hybridized carbons (Fsp3) is 0.100. The Morgan fingerprint density at radius 2 is 2.19 bits per heavy atom. The van der Waals surface area contributed by atoms with Gasteiger partial charge >= 0.3 is 0 Å². The van der Waals surface area contributed by atoms with Crippen LogP contribution in [0.5, 0.6) is 11.5 Å². The number of nitrogens with zero attached hydrogens (tertiary/aromatic N) is 1. The minimum Gasteiger partial charge on any atom is -0.507 e. The maximum absolute atomic E-state index is 13.2. The molecule has 16 heavy (non-hydrogen) atoms. The largest absolute Gasteiger partial charge is 0.507 e. The van der Waals surface area contributed by atoms with E-state index >= 15 is 0 Å². The minimum atomic E-state index is -0.656. The lowest BCUT2D eigenvalue weighted by Gasteiger charge is -2.05. The molecule has 0 saturated carbocycles. The van der Waals surface area contributed by atoms with Crippen molar-refractivity contribution in [3.8, 4) is 22.8 Å². The van der Waals surface area contributed by atoms with Crippen molar-refractivity contribution in [3.05, 3.63) is 24.0 Å². The predicted octanol–water partition coefficient (Wildman–Crippen LogP) is 1.78. The van der Waals surface area contributed by atoms with Gasteiger partial charge in [0.25, 0.3) is 0 Å². The molecule has 3 N–H and O–H groups in total. The second-order valence-electron chi connectivity index (χ2n) is 3.12. The molecule has 0 aliphatic heterocycles. The van der Waals surface area contributed by atoms with Crippen LogP contribution in [0.2, 0.25) is 0 Å². The van der Waals surface area contributed by atoms with Crippen molar-refractivity contribution < 1.29 is 18.8 Å². The number of rotatable bonds is 2. The van der Waals surface area contributed by atoms with Gasteiger partial charge in [-0.25, -0.2) is 4.39 Å². The summed E-state index contributed by atoms with van der Waals surface area (Å²) in [6, 6.07) is 3.67. The van der Waals surface area contributed by atoms with Crippen LogP contribution in [0.4, 0.5) is 10.2 Å². The third-order valence-corrected chi connectivity index (χ3v) is 2.06. The summed E-state index contributed by atoms with van der Waals surface area (Å²) in [5, 5.41) is 13.0. The Balaban J connectivity index is 2.56. The molecule has 0 aliphatic rings. The van der Waals surface area contributed by atoms with Crippen molar-refractivity contribution in [2.75, 3.05) is 12.8 Å². The molecule has 0 spiro atoms. The van der Waals surface area contributed by atoms with Gasteiger partial charge in [-0.1, -0.05) is 5.16 Å². The van der Waals surface area contributed by atoms with E-state index in [9.17, 15) is 9.50 Å². The van der Waals surface area contributed by atoms with Gasteiger partial charge in [-0.2, -0.15) is 0 Å². The smallest absolute Gasteiger partial charge is 0.172 e. The SMILES string of the molecule is COc1cc(-c2cc(N)no2)c(O)cc1F. The van der Waals surface area contributed by atoms with Crippen molar-refractivity contribution in [2.24, 2.45) is 0 Å². The molecule has 2 aromatic rings. The van der Waals surface area contributed by atoms with E-state index in [1.807, 2.05) is 0 Å². The standard InChI is InChI=1S/C10H9FN2O3/c1-15-9-2-5(7(14)3-6(9)11)8-4-10(12)13-16-8/h2-4,14H,1H3,(H2,12,13). The van der Waals surface area contributed by atoms with Gasteiger partial charge in [0.1, 0.15) is 5.75 Å². The van der Waals surface area contributed by atoms with E-state index in [2.05, 4.69) is 5.16 Å². The van der Waals surface area contributed by atoms with E-state index in [1.54, 1.807) is 0 Å². The Morgan fingerprint density at radius 3 is 2.75 bits per heavy atom. The lowest BCUT2D eigenvalue weighted by Crippen LogP contribution is -1.89. The minimum absolute atomic E-state index is 0.00257. The predicted molar refractivity (Wildman–Crippen MR) is 54.5 cm³/mol. The molecule has 0 radical (unpaired) electrons. The summed E-state index contributed by atoms with van der Waals surface area (Å²) < 4.78 is 22.8. The second kappa shape index (κ2) is 3.73. The highest BCUT2D eigenvalue weighted by atomic mass is 19.1. The van der Waals surface area contributed by atoms with Crippen molar-refractivity contribution >= 4 is 5.82 Å². The first-order valence-corrected chi connectivity index (χ1v) is 4.41. The van der Waals surface area contributed by atoms with Gasteiger partial charge in [-0.05, 0) is 6.07 Å². The molecule has 84 valence electrons. The quantitative estimate of drug-likeness (QED) is 0.812. The third-order valence-electron chi connectivity index (χ3n) is 2.06. The first-order chi connectivity index (χ1) is 7.61. The van der Waals surface area contributed by atoms with Gasteiger partial charge in [-0.15, -0.1) is 0 Å². The molecule has 0 saturated heterocycles. The molecule has 1 aromatic carbocycles. The van der Waals surface area contributed by atoms with Crippen LogP contribution < -0.4 is 10.5 Å². The Labute approximate surface area is 90.2 Å². The lowest BCUT2D eigenvalue weighted by atomic mass is 10.1.